The van der Waals surface area contributed by atoms with Gasteiger partial charge in [0.2, 0.25) is 0 Å². The molecule has 3 heteroatoms. The Bertz CT molecular complexity index is 633. The van der Waals surface area contributed by atoms with Crippen LogP contribution in [0.1, 0.15) is 21.7 Å². The summed E-state index contributed by atoms with van der Waals surface area (Å²) in [6.45, 7) is 3.67. The van der Waals surface area contributed by atoms with Crippen molar-refractivity contribution >= 4 is 5.97 Å². The lowest BCUT2D eigenvalue weighted by Gasteiger charge is -2.13. The molecule has 100 valence electrons. The molecule has 0 bridgehead atoms. The van der Waals surface area contributed by atoms with Crippen LogP contribution >= 0.6 is 0 Å². The van der Waals surface area contributed by atoms with E-state index in [1.54, 1.807) is 42.7 Å². The van der Waals surface area contributed by atoms with Gasteiger partial charge in [-0.3, -0.25) is 0 Å². The van der Waals surface area contributed by atoms with Gasteiger partial charge < -0.3 is 9.15 Å². The van der Waals surface area contributed by atoms with Gasteiger partial charge >= 0.3 is 5.97 Å². The number of carbonyl (C=O) groups excluding carboxylic acids is 1. The van der Waals surface area contributed by atoms with Crippen molar-refractivity contribution in [3.05, 3.63) is 72.2 Å². The van der Waals surface area contributed by atoms with Gasteiger partial charge in [0.05, 0.1) is 11.8 Å². The van der Waals surface area contributed by atoms with E-state index in [9.17, 15) is 4.79 Å². The molecule has 0 N–H and O–H groups in total. The minimum Gasteiger partial charge on any atom is -0.469 e. The Morgan fingerprint density at radius 2 is 2.20 bits per heavy atom. The third kappa shape index (κ3) is 3.18. The van der Waals surface area contributed by atoms with Crippen LogP contribution in [0.15, 0.2) is 59.7 Å². The van der Waals surface area contributed by atoms with Crippen LogP contribution in [0.2, 0.25) is 0 Å². The van der Waals surface area contributed by atoms with Crippen molar-refractivity contribution in [2.75, 3.05) is 0 Å². The third-order valence-electron chi connectivity index (χ3n) is 2.81. The molecule has 1 aromatic heterocycles. The van der Waals surface area contributed by atoms with Gasteiger partial charge in [-0.1, -0.05) is 30.7 Å². The van der Waals surface area contributed by atoms with Crippen LogP contribution in [-0.2, 0) is 11.2 Å². The first-order valence-corrected chi connectivity index (χ1v) is 6.16. The van der Waals surface area contributed by atoms with E-state index in [2.05, 4.69) is 12.5 Å². The fourth-order valence-corrected chi connectivity index (χ4v) is 1.79. The molecule has 0 spiro atoms. The van der Waals surface area contributed by atoms with E-state index < -0.39 is 12.1 Å². The monoisotopic (exact) mass is 266 g/mol. The Kier molecular flexibility index (Phi) is 4.41. The maximum Gasteiger partial charge on any atom is 0.340 e. The summed E-state index contributed by atoms with van der Waals surface area (Å²) in [7, 11) is 0. The standard InChI is InChI=1S/C17H14O3/c1-3-13-8-5-6-10-16(13)17(18)20-14(4-2)12-15-9-7-11-19-15/h1,4-11,14H,2,12H2. The van der Waals surface area contributed by atoms with Crippen LogP contribution in [0.25, 0.3) is 0 Å². The maximum absolute atomic E-state index is 12.1. The van der Waals surface area contributed by atoms with E-state index in [0.29, 0.717) is 17.5 Å². The number of carbonyl (C=O) groups is 1. The molecular weight excluding hydrogens is 252 g/mol. The van der Waals surface area contributed by atoms with Crippen LogP contribution in [0.3, 0.4) is 0 Å². The molecule has 0 amide bonds. The second-order valence-corrected chi connectivity index (χ2v) is 4.15. The van der Waals surface area contributed by atoms with Gasteiger partial charge in [0.15, 0.2) is 0 Å². The van der Waals surface area contributed by atoms with E-state index in [1.165, 1.54) is 0 Å². The van der Waals surface area contributed by atoms with Gasteiger partial charge in [-0.2, -0.15) is 0 Å². The third-order valence-corrected chi connectivity index (χ3v) is 2.81. The molecule has 1 aromatic carbocycles. The van der Waals surface area contributed by atoms with Crippen LogP contribution in [-0.4, -0.2) is 12.1 Å². The summed E-state index contributed by atoms with van der Waals surface area (Å²) >= 11 is 0. The summed E-state index contributed by atoms with van der Waals surface area (Å²) < 4.78 is 10.6. The van der Waals surface area contributed by atoms with Crippen LogP contribution < -0.4 is 0 Å². The van der Waals surface area contributed by atoms with E-state index in [1.807, 2.05) is 6.07 Å². The summed E-state index contributed by atoms with van der Waals surface area (Å²) in [5.41, 5.74) is 0.889. The van der Waals surface area contributed by atoms with Gasteiger partial charge in [-0.15, -0.1) is 6.42 Å². The van der Waals surface area contributed by atoms with Crippen LogP contribution in [0, 0.1) is 12.3 Å². The second-order valence-electron chi connectivity index (χ2n) is 4.15. The average Bonchev–Trinajstić information content (AvgIpc) is 2.99. The molecule has 2 aromatic rings. The molecule has 0 radical (unpaired) electrons. The molecule has 1 atom stereocenters. The van der Waals surface area contributed by atoms with Gasteiger partial charge in [0.25, 0.3) is 0 Å². The van der Waals surface area contributed by atoms with Crippen molar-refractivity contribution in [1.29, 1.82) is 0 Å². The lowest BCUT2D eigenvalue weighted by Crippen LogP contribution is -2.19. The summed E-state index contributed by atoms with van der Waals surface area (Å²) in [6.07, 6.45) is 8.50. The Morgan fingerprint density at radius 1 is 1.40 bits per heavy atom. The molecule has 1 unspecified atom stereocenters. The lowest BCUT2D eigenvalue weighted by molar-refractivity contribution is 0.0388. The van der Waals surface area contributed by atoms with E-state index in [4.69, 9.17) is 15.6 Å². The molecule has 0 aliphatic rings. The number of hydrogen-bond acceptors (Lipinski definition) is 3. The van der Waals surface area contributed by atoms with Gasteiger partial charge in [0, 0.05) is 12.0 Å². The minimum atomic E-state index is -0.463. The molecule has 3 nitrogen and oxygen atoms in total. The number of esters is 1. The smallest absolute Gasteiger partial charge is 0.340 e. The SMILES string of the molecule is C#Cc1ccccc1C(=O)OC(C=C)Cc1ccco1. The number of ether oxygens (including phenoxy) is 1. The van der Waals surface area contributed by atoms with E-state index in [0.717, 1.165) is 5.76 Å². The van der Waals surface area contributed by atoms with Crippen LogP contribution in [0.5, 0.6) is 0 Å². The average molecular weight is 266 g/mol. The van der Waals surface area contributed by atoms with Crippen molar-refractivity contribution in [2.24, 2.45) is 0 Å². The summed E-state index contributed by atoms with van der Waals surface area (Å²) in [5.74, 6) is 2.73. The summed E-state index contributed by atoms with van der Waals surface area (Å²) in [6, 6.07) is 10.5. The van der Waals surface area contributed by atoms with Crippen molar-refractivity contribution in [1.82, 2.24) is 0 Å². The van der Waals surface area contributed by atoms with Crippen LogP contribution in [0.4, 0.5) is 0 Å². The quantitative estimate of drug-likeness (QED) is 0.474. The molecule has 20 heavy (non-hydrogen) atoms. The first-order chi connectivity index (χ1) is 9.74. The predicted molar refractivity (Wildman–Crippen MR) is 76.2 cm³/mol. The molecule has 0 fully saturated rings. The highest BCUT2D eigenvalue weighted by molar-refractivity contribution is 5.92. The summed E-state index contributed by atoms with van der Waals surface area (Å²) in [4.78, 5) is 12.1. The first kappa shape index (κ1) is 13.7. The number of benzene rings is 1. The molecule has 0 aliphatic heterocycles. The van der Waals surface area contributed by atoms with E-state index in [-0.39, 0.29) is 0 Å². The first-order valence-electron chi connectivity index (χ1n) is 6.16. The molecule has 0 aliphatic carbocycles. The topological polar surface area (TPSA) is 39.4 Å². The fourth-order valence-electron chi connectivity index (χ4n) is 1.79. The van der Waals surface area contributed by atoms with Crippen molar-refractivity contribution < 1.29 is 13.9 Å². The normalized spacial score (nSPS) is 11.3. The van der Waals surface area contributed by atoms with E-state index >= 15 is 0 Å². The molecule has 0 saturated heterocycles. The Labute approximate surface area is 117 Å². The van der Waals surface area contributed by atoms with Crippen molar-refractivity contribution in [3.63, 3.8) is 0 Å². The largest absolute Gasteiger partial charge is 0.469 e. The Morgan fingerprint density at radius 3 is 2.85 bits per heavy atom. The zero-order valence-electron chi connectivity index (χ0n) is 10.9. The fraction of sp³-hybridized carbons (Fsp3) is 0.118. The zero-order chi connectivity index (χ0) is 14.4. The lowest BCUT2D eigenvalue weighted by atomic mass is 10.1. The molecule has 2 rings (SSSR count). The maximum atomic E-state index is 12.1. The van der Waals surface area contributed by atoms with Gasteiger partial charge in [-0.25, -0.2) is 4.79 Å². The Hall–Kier alpha value is -2.73. The minimum absolute atomic E-state index is 0.376. The number of furan rings is 1. The van der Waals surface area contributed by atoms with Gasteiger partial charge in [0.1, 0.15) is 11.9 Å². The van der Waals surface area contributed by atoms with Gasteiger partial charge in [-0.05, 0) is 24.3 Å². The highest BCUT2D eigenvalue weighted by Crippen LogP contribution is 2.13. The second kappa shape index (κ2) is 6.44. The van der Waals surface area contributed by atoms with Crippen molar-refractivity contribution in [3.8, 4) is 12.3 Å². The summed E-state index contributed by atoms with van der Waals surface area (Å²) in [5, 5.41) is 0. The van der Waals surface area contributed by atoms with Crippen molar-refractivity contribution in [2.45, 2.75) is 12.5 Å². The number of terminal acetylenes is 1. The number of rotatable bonds is 5. The Balaban J connectivity index is 2.09. The zero-order valence-corrected chi connectivity index (χ0v) is 10.9. The highest BCUT2D eigenvalue weighted by atomic mass is 16.5. The molecular formula is C17H14O3. The molecule has 0 saturated carbocycles. The highest BCUT2D eigenvalue weighted by Gasteiger charge is 2.17. The predicted octanol–water partition coefficient (Wildman–Crippen LogP) is 3.22. The molecule has 1 heterocycles. The number of hydrogen-bond donors (Lipinski definition) is 0.